The second-order valence-electron chi connectivity index (χ2n) is 4.45. The maximum absolute atomic E-state index is 13.6. The summed E-state index contributed by atoms with van der Waals surface area (Å²) in [5.41, 5.74) is -0.846. The number of hydrogen-bond acceptors (Lipinski definition) is 4. The molecule has 0 radical (unpaired) electrons. The molecule has 0 fully saturated rings. The summed E-state index contributed by atoms with van der Waals surface area (Å²) < 4.78 is 37.6. The molecular formula is C12H14FNO5S. The molecule has 20 heavy (non-hydrogen) atoms. The van der Waals surface area contributed by atoms with Crippen LogP contribution < -0.4 is 0 Å². The van der Waals surface area contributed by atoms with Gasteiger partial charge in [0.15, 0.2) is 9.84 Å². The molecule has 1 aromatic rings. The van der Waals surface area contributed by atoms with Crippen LogP contribution in [0.2, 0.25) is 0 Å². The first kappa shape index (κ1) is 16.1. The fourth-order valence-corrected chi connectivity index (χ4v) is 2.85. The Morgan fingerprint density at radius 1 is 1.30 bits per heavy atom. The van der Waals surface area contributed by atoms with E-state index in [4.69, 9.17) is 5.11 Å². The molecule has 0 aliphatic carbocycles. The van der Waals surface area contributed by atoms with Crippen molar-refractivity contribution in [1.82, 2.24) is 4.90 Å². The van der Waals surface area contributed by atoms with Gasteiger partial charge in [0.2, 0.25) is 5.91 Å². The summed E-state index contributed by atoms with van der Waals surface area (Å²) in [5, 5.41) is 8.84. The van der Waals surface area contributed by atoms with Gasteiger partial charge in [-0.1, -0.05) is 0 Å². The van der Waals surface area contributed by atoms with E-state index in [-0.39, 0.29) is 10.5 Å². The van der Waals surface area contributed by atoms with Crippen LogP contribution in [0.25, 0.3) is 0 Å². The van der Waals surface area contributed by atoms with Crippen LogP contribution in [-0.4, -0.2) is 50.1 Å². The van der Waals surface area contributed by atoms with Gasteiger partial charge in [0, 0.05) is 14.1 Å². The normalized spacial score (nSPS) is 11.2. The highest BCUT2D eigenvalue weighted by Gasteiger charge is 2.24. The Labute approximate surface area is 115 Å². The highest BCUT2D eigenvalue weighted by Crippen LogP contribution is 2.20. The van der Waals surface area contributed by atoms with E-state index in [0.717, 1.165) is 17.0 Å². The number of benzene rings is 1. The molecule has 6 nitrogen and oxygen atoms in total. The number of nitrogens with zero attached hydrogens (tertiary/aromatic N) is 1. The first-order valence-electron chi connectivity index (χ1n) is 5.52. The molecule has 0 unspecified atom stereocenters. The molecule has 0 heterocycles. The van der Waals surface area contributed by atoms with Gasteiger partial charge in [0.25, 0.3) is 0 Å². The third-order valence-electron chi connectivity index (χ3n) is 2.63. The van der Waals surface area contributed by atoms with Crippen molar-refractivity contribution in [3.05, 3.63) is 29.1 Å². The van der Waals surface area contributed by atoms with Crippen LogP contribution in [-0.2, 0) is 14.6 Å². The van der Waals surface area contributed by atoms with E-state index < -0.39 is 38.8 Å². The van der Waals surface area contributed by atoms with Crippen molar-refractivity contribution < 1.29 is 27.5 Å². The van der Waals surface area contributed by atoms with E-state index in [1.807, 2.05) is 0 Å². The quantitative estimate of drug-likeness (QED) is 0.826. The summed E-state index contributed by atoms with van der Waals surface area (Å²) >= 11 is 0. The molecule has 1 N–H and O–H groups in total. The van der Waals surface area contributed by atoms with Crippen LogP contribution in [0.1, 0.15) is 15.9 Å². The van der Waals surface area contributed by atoms with Crippen LogP contribution in [0, 0.1) is 12.7 Å². The fraction of sp³-hybridized carbons (Fsp3) is 0.333. The highest BCUT2D eigenvalue weighted by atomic mass is 32.2. The summed E-state index contributed by atoms with van der Waals surface area (Å²) in [7, 11) is -1.22. The SMILES string of the molecule is Cc1cc(S(=O)(=O)CC(=O)N(C)C)cc(C(=O)O)c1F. The van der Waals surface area contributed by atoms with Crippen LogP contribution in [0.4, 0.5) is 4.39 Å². The van der Waals surface area contributed by atoms with Gasteiger partial charge in [-0.3, -0.25) is 4.79 Å². The average molecular weight is 303 g/mol. The number of carbonyl (C=O) groups is 2. The number of halogens is 1. The zero-order valence-corrected chi connectivity index (χ0v) is 12.0. The van der Waals surface area contributed by atoms with E-state index in [2.05, 4.69) is 0 Å². The largest absolute Gasteiger partial charge is 0.478 e. The summed E-state index contributed by atoms with van der Waals surface area (Å²) in [4.78, 5) is 23.1. The minimum atomic E-state index is -4.02. The van der Waals surface area contributed by atoms with Crippen molar-refractivity contribution in [2.24, 2.45) is 0 Å². The van der Waals surface area contributed by atoms with Crippen molar-refractivity contribution in [3.63, 3.8) is 0 Å². The number of amides is 1. The Bertz CT molecular complexity index is 667. The summed E-state index contributed by atoms with van der Waals surface area (Å²) in [6.07, 6.45) is 0. The Kier molecular flexibility index (Phi) is 4.49. The molecule has 1 amide bonds. The molecule has 0 spiro atoms. The molecule has 0 saturated heterocycles. The Balaban J connectivity index is 3.33. The van der Waals surface area contributed by atoms with Gasteiger partial charge >= 0.3 is 5.97 Å². The molecule has 0 atom stereocenters. The standard InChI is InChI=1S/C12H14FNO5S/c1-7-4-8(5-9(11(7)13)12(16)17)20(18,19)6-10(15)14(2)3/h4-5H,6H2,1-3H3,(H,16,17). The van der Waals surface area contributed by atoms with E-state index in [1.165, 1.54) is 21.0 Å². The third-order valence-corrected chi connectivity index (χ3v) is 4.21. The van der Waals surface area contributed by atoms with Crippen molar-refractivity contribution in [2.45, 2.75) is 11.8 Å². The topological polar surface area (TPSA) is 91.8 Å². The molecular weight excluding hydrogens is 289 g/mol. The zero-order valence-electron chi connectivity index (χ0n) is 11.2. The number of aromatic carboxylic acids is 1. The Morgan fingerprint density at radius 3 is 2.30 bits per heavy atom. The first-order chi connectivity index (χ1) is 9.06. The average Bonchev–Trinajstić information content (AvgIpc) is 2.31. The van der Waals surface area contributed by atoms with E-state index in [9.17, 15) is 22.4 Å². The second kappa shape index (κ2) is 5.58. The number of sulfone groups is 1. The summed E-state index contributed by atoms with van der Waals surface area (Å²) in [6.45, 7) is 1.26. The number of rotatable bonds is 4. The van der Waals surface area contributed by atoms with Crippen LogP contribution >= 0.6 is 0 Å². The minimum absolute atomic E-state index is 0.110. The van der Waals surface area contributed by atoms with Gasteiger partial charge in [-0.2, -0.15) is 0 Å². The lowest BCUT2D eigenvalue weighted by Gasteiger charge is -2.12. The number of carboxylic acid groups (broad SMARTS) is 1. The van der Waals surface area contributed by atoms with Gasteiger partial charge in [0.1, 0.15) is 11.6 Å². The Morgan fingerprint density at radius 2 is 1.85 bits per heavy atom. The molecule has 0 saturated carbocycles. The number of aryl methyl sites for hydroxylation is 1. The molecule has 110 valence electrons. The molecule has 0 aliphatic heterocycles. The lowest BCUT2D eigenvalue weighted by atomic mass is 10.1. The van der Waals surface area contributed by atoms with E-state index >= 15 is 0 Å². The number of hydrogen-bond donors (Lipinski definition) is 1. The van der Waals surface area contributed by atoms with Gasteiger partial charge in [0.05, 0.1) is 10.5 Å². The van der Waals surface area contributed by atoms with Crippen molar-refractivity contribution in [2.75, 3.05) is 19.8 Å². The Hall–Kier alpha value is -1.96. The molecule has 0 bridgehead atoms. The summed E-state index contributed by atoms with van der Waals surface area (Å²) in [6, 6.07) is 1.74. The predicted molar refractivity (Wildman–Crippen MR) is 68.8 cm³/mol. The number of carbonyl (C=O) groups excluding carboxylic acids is 1. The van der Waals surface area contributed by atoms with Gasteiger partial charge < -0.3 is 10.0 Å². The van der Waals surface area contributed by atoms with Gasteiger partial charge in [-0.15, -0.1) is 0 Å². The molecule has 8 heteroatoms. The summed E-state index contributed by atoms with van der Waals surface area (Å²) in [5.74, 6) is -4.01. The predicted octanol–water partition coefficient (Wildman–Crippen LogP) is 0.694. The van der Waals surface area contributed by atoms with E-state index in [0.29, 0.717) is 0 Å². The van der Waals surface area contributed by atoms with Crippen LogP contribution in [0.3, 0.4) is 0 Å². The maximum Gasteiger partial charge on any atom is 0.338 e. The third kappa shape index (κ3) is 3.32. The molecule has 0 aromatic heterocycles. The van der Waals surface area contributed by atoms with Gasteiger partial charge in [-0.05, 0) is 24.6 Å². The first-order valence-corrected chi connectivity index (χ1v) is 7.18. The van der Waals surface area contributed by atoms with Crippen molar-refractivity contribution in [1.29, 1.82) is 0 Å². The smallest absolute Gasteiger partial charge is 0.338 e. The zero-order chi connectivity index (χ0) is 15.7. The van der Waals surface area contributed by atoms with Crippen molar-refractivity contribution in [3.8, 4) is 0 Å². The monoisotopic (exact) mass is 303 g/mol. The second-order valence-corrected chi connectivity index (χ2v) is 6.44. The number of carboxylic acids is 1. The van der Waals surface area contributed by atoms with Crippen LogP contribution in [0.5, 0.6) is 0 Å². The molecule has 1 aromatic carbocycles. The molecule has 1 rings (SSSR count). The van der Waals surface area contributed by atoms with Crippen molar-refractivity contribution >= 4 is 21.7 Å². The highest BCUT2D eigenvalue weighted by molar-refractivity contribution is 7.92. The maximum atomic E-state index is 13.6. The lowest BCUT2D eigenvalue weighted by Crippen LogP contribution is -2.29. The van der Waals surface area contributed by atoms with E-state index in [1.54, 1.807) is 0 Å². The van der Waals surface area contributed by atoms with Gasteiger partial charge in [-0.25, -0.2) is 17.6 Å². The molecule has 0 aliphatic rings. The fourth-order valence-electron chi connectivity index (χ4n) is 1.45. The van der Waals surface area contributed by atoms with Crippen LogP contribution in [0.15, 0.2) is 17.0 Å². The minimum Gasteiger partial charge on any atom is -0.478 e. The lowest BCUT2D eigenvalue weighted by molar-refractivity contribution is -0.125.